The number of ether oxygens (including phenoxy) is 1. The lowest BCUT2D eigenvalue weighted by Crippen LogP contribution is -2.25. The van der Waals surface area contributed by atoms with Gasteiger partial charge < -0.3 is 4.74 Å². The first-order valence-corrected chi connectivity index (χ1v) is 10.3. The van der Waals surface area contributed by atoms with Gasteiger partial charge in [-0.05, 0) is 25.2 Å². The molecule has 3 aliphatic rings. The van der Waals surface area contributed by atoms with E-state index in [1.165, 1.54) is 43.4 Å². The highest BCUT2D eigenvalue weighted by Gasteiger charge is 2.25. The summed E-state index contributed by atoms with van der Waals surface area (Å²) in [5, 5.41) is 11.3. The third kappa shape index (κ3) is 3.85. The largest absolute Gasteiger partial charge is 0.480 e. The van der Waals surface area contributed by atoms with E-state index in [2.05, 4.69) is 32.1 Å². The van der Waals surface area contributed by atoms with Crippen LogP contribution in [0.4, 0.5) is 0 Å². The molecule has 1 fully saturated rings. The van der Waals surface area contributed by atoms with Gasteiger partial charge >= 0.3 is 0 Å². The van der Waals surface area contributed by atoms with Crippen LogP contribution in [0, 0.1) is 17.2 Å². The van der Waals surface area contributed by atoms with Crippen molar-refractivity contribution in [2.24, 2.45) is 20.9 Å². The summed E-state index contributed by atoms with van der Waals surface area (Å²) in [4.78, 5) is 18.1. The van der Waals surface area contributed by atoms with Gasteiger partial charge in [0.05, 0.1) is 18.0 Å². The van der Waals surface area contributed by atoms with Crippen LogP contribution < -0.4 is 10.0 Å². The van der Waals surface area contributed by atoms with Crippen molar-refractivity contribution in [1.29, 1.82) is 5.26 Å². The first-order chi connectivity index (χ1) is 12.8. The summed E-state index contributed by atoms with van der Waals surface area (Å²) in [6.45, 7) is 2.16. The van der Waals surface area contributed by atoms with Crippen LogP contribution in [-0.2, 0) is 4.74 Å². The molecule has 0 saturated heterocycles. The fraction of sp³-hybridized carbons (Fsp3) is 0.632. The van der Waals surface area contributed by atoms with Gasteiger partial charge in [-0.3, -0.25) is 9.98 Å². The molecule has 0 radical (unpaired) electrons. The lowest BCUT2D eigenvalue weighted by Gasteiger charge is -2.23. The first kappa shape index (κ1) is 17.3. The normalized spacial score (nSPS) is 21.3. The number of nitriles is 1. The van der Waals surface area contributed by atoms with Crippen LogP contribution in [0.2, 0.25) is 0 Å². The van der Waals surface area contributed by atoms with Gasteiger partial charge in [-0.1, -0.05) is 36.7 Å². The number of hydrogen-bond acceptors (Lipinski definition) is 7. The second-order valence-electron chi connectivity index (χ2n) is 6.99. The third-order valence-corrected chi connectivity index (χ3v) is 6.12. The van der Waals surface area contributed by atoms with E-state index in [4.69, 9.17) is 4.74 Å². The Balaban J connectivity index is 1.48. The fourth-order valence-electron chi connectivity index (χ4n) is 3.61. The predicted octanol–water partition coefficient (Wildman–Crippen LogP) is 2.35. The Labute approximate surface area is 157 Å². The number of hydrogen-bond donors (Lipinski definition) is 0. The van der Waals surface area contributed by atoms with E-state index in [0.717, 1.165) is 40.5 Å². The van der Waals surface area contributed by atoms with E-state index in [0.29, 0.717) is 24.7 Å². The number of rotatable bonds is 4. The number of thiazole rings is 1. The summed E-state index contributed by atoms with van der Waals surface area (Å²) in [6, 6.07) is 2.32. The van der Waals surface area contributed by atoms with Crippen molar-refractivity contribution in [3.05, 3.63) is 15.0 Å². The van der Waals surface area contributed by atoms with E-state index in [1.807, 2.05) is 0 Å². The van der Waals surface area contributed by atoms with Crippen LogP contribution in [0.5, 0.6) is 0 Å². The maximum Gasteiger partial charge on any atom is 0.191 e. The van der Waals surface area contributed by atoms with E-state index < -0.39 is 5.92 Å². The molecule has 136 valence electrons. The summed E-state index contributed by atoms with van der Waals surface area (Å²) in [7, 11) is 0. The van der Waals surface area contributed by atoms with Crippen LogP contribution in [0.15, 0.2) is 15.0 Å². The van der Waals surface area contributed by atoms with Gasteiger partial charge in [-0.2, -0.15) is 5.26 Å². The first-order valence-electron chi connectivity index (χ1n) is 9.49. The Kier molecular flexibility index (Phi) is 5.40. The van der Waals surface area contributed by atoms with Crippen molar-refractivity contribution < 1.29 is 4.74 Å². The number of amidine groups is 1. The molecule has 0 amide bonds. The molecular weight excluding hydrogens is 346 g/mol. The summed E-state index contributed by atoms with van der Waals surface area (Å²) in [5.41, 5.74) is 0. The van der Waals surface area contributed by atoms with Gasteiger partial charge in [0.15, 0.2) is 17.7 Å². The Morgan fingerprint density at radius 2 is 2.12 bits per heavy atom. The molecule has 1 unspecified atom stereocenters. The number of fused-ring (bicyclic) bond motifs is 1. The zero-order valence-electron chi connectivity index (χ0n) is 14.9. The van der Waals surface area contributed by atoms with Crippen molar-refractivity contribution in [3.63, 3.8) is 0 Å². The minimum absolute atomic E-state index is 0.531. The molecule has 1 saturated carbocycles. The van der Waals surface area contributed by atoms with Crippen molar-refractivity contribution >= 4 is 29.1 Å². The molecule has 1 atom stereocenters. The monoisotopic (exact) mass is 369 g/mol. The molecule has 1 aromatic heterocycles. The lowest BCUT2D eigenvalue weighted by molar-refractivity contribution is 0.195. The molecule has 0 bridgehead atoms. The molecule has 6 nitrogen and oxygen atoms in total. The highest BCUT2D eigenvalue weighted by Crippen LogP contribution is 2.24. The minimum Gasteiger partial charge on any atom is -0.480 e. The van der Waals surface area contributed by atoms with Gasteiger partial charge in [0.2, 0.25) is 0 Å². The standard InChI is InChI=1S/C19H23N5OS/c20-11-14(18-23-15-7-4-9-22-19(15)26-18)17-21-10-8-16(24-17)25-12-13-5-2-1-3-6-13/h7,13-14H,1-6,8-10,12H2. The number of aliphatic imine (C=N–C) groups is 2. The molecule has 0 N–H and O–H groups in total. The molecule has 0 spiro atoms. The molecule has 7 heteroatoms. The minimum atomic E-state index is -0.539. The van der Waals surface area contributed by atoms with E-state index in [-0.39, 0.29) is 0 Å². The number of nitrogens with zero attached hydrogens (tertiary/aromatic N) is 5. The topological polar surface area (TPSA) is 83.0 Å². The molecule has 3 heterocycles. The highest BCUT2D eigenvalue weighted by molar-refractivity contribution is 7.09. The fourth-order valence-corrected chi connectivity index (χ4v) is 4.62. The van der Waals surface area contributed by atoms with Crippen molar-refractivity contribution in [3.8, 4) is 6.07 Å². The van der Waals surface area contributed by atoms with Gasteiger partial charge in [0.25, 0.3) is 0 Å². The zero-order valence-corrected chi connectivity index (χ0v) is 15.7. The van der Waals surface area contributed by atoms with Gasteiger partial charge in [0.1, 0.15) is 9.68 Å². The van der Waals surface area contributed by atoms with Gasteiger partial charge in [0, 0.05) is 19.5 Å². The second-order valence-corrected chi connectivity index (χ2v) is 8.00. The molecule has 1 aliphatic carbocycles. The predicted molar refractivity (Wildman–Crippen MR) is 102 cm³/mol. The van der Waals surface area contributed by atoms with Crippen LogP contribution >= 0.6 is 11.3 Å². The summed E-state index contributed by atoms with van der Waals surface area (Å²) >= 11 is 1.48. The SMILES string of the molecule is N#CC(C1=NCCC(OCC2CCCCC2)=N1)c1nc2c(s1)=NCCC=2. The quantitative estimate of drug-likeness (QED) is 0.817. The van der Waals surface area contributed by atoms with Crippen LogP contribution in [0.25, 0.3) is 6.08 Å². The molecule has 2 aliphatic heterocycles. The Morgan fingerprint density at radius 3 is 2.92 bits per heavy atom. The van der Waals surface area contributed by atoms with Gasteiger partial charge in [-0.25, -0.2) is 9.98 Å². The average Bonchev–Trinajstić information content (AvgIpc) is 3.12. The second kappa shape index (κ2) is 8.09. The zero-order chi connectivity index (χ0) is 17.8. The average molecular weight is 369 g/mol. The van der Waals surface area contributed by atoms with E-state index >= 15 is 0 Å². The molecular formula is C19H23N5OS. The Morgan fingerprint density at radius 1 is 1.23 bits per heavy atom. The van der Waals surface area contributed by atoms with Crippen LogP contribution in [0.3, 0.4) is 0 Å². The third-order valence-electron chi connectivity index (χ3n) is 5.06. The Hall–Kier alpha value is -2.07. The lowest BCUT2D eigenvalue weighted by atomic mass is 9.90. The summed E-state index contributed by atoms with van der Waals surface area (Å²) < 4.78 is 6.90. The van der Waals surface area contributed by atoms with Crippen molar-refractivity contribution in [2.45, 2.75) is 50.9 Å². The van der Waals surface area contributed by atoms with E-state index in [9.17, 15) is 5.26 Å². The van der Waals surface area contributed by atoms with Crippen LogP contribution in [-0.4, -0.2) is 36.4 Å². The molecule has 1 aromatic rings. The summed E-state index contributed by atoms with van der Waals surface area (Å²) in [5.74, 6) is 1.35. The van der Waals surface area contributed by atoms with Crippen molar-refractivity contribution in [1.82, 2.24) is 4.98 Å². The van der Waals surface area contributed by atoms with Gasteiger partial charge in [-0.15, -0.1) is 0 Å². The Bertz CT molecular complexity index is 839. The van der Waals surface area contributed by atoms with Crippen molar-refractivity contribution in [2.75, 3.05) is 19.7 Å². The maximum atomic E-state index is 9.70. The van der Waals surface area contributed by atoms with Crippen LogP contribution in [0.1, 0.15) is 55.9 Å². The molecule has 26 heavy (non-hydrogen) atoms. The highest BCUT2D eigenvalue weighted by atomic mass is 32.1. The number of aromatic nitrogens is 1. The smallest absolute Gasteiger partial charge is 0.191 e. The molecule has 4 rings (SSSR count). The summed E-state index contributed by atoms with van der Waals surface area (Å²) in [6.07, 6.45) is 10.2. The van der Waals surface area contributed by atoms with E-state index in [1.54, 1.807) is 0 Å². The molecule has 0 aromatic carbocycles. The maximum absolute atomic E-state index is 9.70.